The number of pyridine rings is 1. The molecular formula is C15H16BrN3O. The van der Waals surface area contributed by atoms with Crippen molar-refractivity contribution in [3.63, 3.8) is 0 Å². The summed E-state index contributed by atoms with van der Waals surface area (Å²) in [6.07, 6.45) is 2.27. The second-order valence-electron chi connectivity index (χ2n) is 5.90. The van der Waals surface area contributed by atoms with Crippen LogP contribution in [0.1, 0.15) is 46.8 Å². The third-order valence-electron chi connectivity index (χ3n) is 3.78. The van der Waals surface area contributed by atoms with Crippen LogP contribution in [-0.4, -0.2) is 20.5 Å². The first kappa shape index (κ1) is 13.5. The lowest BCUT2D eigenvalue weighted by atomic mass is 9.75. The van der Waals surface area contributed by atoms with Crippen LogP contribution in [0.25, 0.3) is 5.82 Å². The maximum atomic E-state index is 12.4. The van der Waals surface area contributed by atoms with Crippen LogP contribution in [0.5, 0.6) is 0 Å². The number of aromatic nitrogens is 3. The first-order valence-corrected chi connectivity index (χ1v) is 7.51. The molecule has 2 aromatic rings. The van der Waals surface area contributed by atoms with E-state index >= 15 is 0 Å². The average molecular weight is 334 g/mol. The molecule has 2 heterocycles. The lowest BCUT2D eigenvalue weighted by Crippen LogP contribution is -2.30. The summed E-state index contributed by atoms with van der Waals surface area (Å²) in [6.45, 7) is 6.07. The van der Waals surface area contributed by atoms with Crippen molar-refractivity contribution in [1.82, 2.24) is 14.8 Å². The van der Waals surface area contributed by atoms with Gasteiger partial charge in [0.1, 0.15) is 0 Å². The molecule has 3 rings (SSSR count). The number of carbonyl (C=O) groups is 1. The standard InChI is InChI=1S/C15H16BrN3O/c1-9-12-10(20)8-15(2,3)14(16)13(12)19(18-9)11-6-4-5-7-17-11/h4-7,14H,8H2,1-3H3/t14-/m0/s1. The molecule has 0 N–H and O–H groups in total. The molecule has 1 atom stereocenters. The van der Waals surface area contributed by atoms with E-state index in [-0.39, 0.29) is 16.0 Å². The average Bonchev–Trinajstić information content (AvgIpc) is 2.75. The van der Waals surface area contributed by atoms with E-state index in [0.29, 0.717) is 6.42 Å². The number of hydrogen-bond acceptors (Lipinski definition) is 3. The quantitative estimate of drug-likeness (QED) is 0.749. The zero-order chi connectivity index (χ0) is 14.5. The summed E-state index contributed by atoms with van der Waals surface area (Å²) in [5.74, 6) is 0.909. The molecular weight excluding hydrogens is 318 g/mol. The minimum atomic E-state index is -0.136. The van der Waals surface area contributed by atoms with Crippen LogP contribution in [0.4, 0.5) is 0 Å². The molecule has 0 spiro atoms. The van der Waals surface area contributed by atoms with Crippen molar-refractivity contribution in [3.05, 3.63) is 41.3 Å². The summed E-state index contributed by atoms with van der Waals surface area (Å²) in [5.41, 5.74) is 2.30. The molecule has 0 saturated heterocycles. The van der Waals surface area contributed by atoms with Crippen LogP contribution in [-0.2, 0) is 0 Å². The summed E-state index contributed by atoms with van der Waals surface area (Å²) in [5, 5.41) is 4.53. The van der Waals surface area contributed by atoms with Gasteiger partial charge in [-0.3, -0.25) is 4.79 Å². The summed E-state index contributed by atoms with van der Waals surface area (Å²) < 4.78 is 1.79. The number of ketones is 1. The van der Waals surface area contributed by atoms with E-state index < -0.39 is 0 Å². The predicted octanol–water partition coefficient (Wildman–Crippen LogP) is 3.62. The van der Waals surface area contributed by atoms with Gasteiger partial charge in [0.2, 0.25) is 0 Å². The highest BCUT2D eigenvalue weighted by Crippen LogP contribution is 2.49. The van der Waals surface area contributed by atoms with Gasteiger partial charge in [0.05, 0.1) is 21.8 Å². The lowest BCUT2D eigenvalue weighted by Gasteiger charge is -2.34. The van der Waals surface area contributed by atoms with Gasteiger partial charge in [-0.15, -0.1) is 0 Å². The highest BCUT2D eigenvalue weighted by Gasteiger charge is 2.42. The Morgan fingerprint density at radius 2 is 2.15 bits per heavy atom. The number of nitrogens with zero attached hydrogens (tertiary/aromatic N) is 3. The fourth-order valence-corrected chi connectivity index (χ4v) is 3.32. The van der Waals surface area contributed by atoms with Crippen molar-refractivity contribution in [1.29, 1.82) is 0 Å². The Kier molecular flexibility index (Phi) is 3.05. The maximum absolute atomic E-state index is 12.4. The smallest absolute Gasteiger partial charge is 0.167 e. The molecule has 0 aromatic carbocycles. The molecule has 2 aromatic heterocycles. The minimum Gasteiger partial charge on any atom is -0.294 e. The van der Waals surface area contributed by atoms with Gasteiger partial charge in [-0.1, -0.05) is 35.8 Å². The van der Waals surface area contributed by atoms with E-state index in [1.807, 2.05) is 25.1 Å². The fourth-order valence-electron chi connectivity index (χ4n) is 2.74. The molecule has 4 nitrogen and oxygen atoms in total. The molecule has 0 amide bonds. The predicted molar refractivity (Wildman–Crippen MR) is 80.5 cm³/mol. The van der Waals surface area contributed by atoms with Gasteiger partial charge in [0.25, 0.3) is 0 Å². The molecule has 0 aliphatic heterocycles. The molecule has 0 fully saturated rings. The summed E-state index contributed by atoms with van der Waals surface area (Å²) in [7, 11) is 0. The molecule has 1 aliphatic rings. The molecule has 0 bridgehead atoms. The summed E-state index contributed by atoms with van der Waals surface area (Å²) >= 11 is 3.76. The molecule has 104 valence electrons. The third-order valence-corrected chi connectivity index (χ3v) is 5.46. The number of halogens is 1. The molecule has 1 aliphatic carbocycles. The number of carbonyl (C=O) groups excluding carboxylic acids is 1. The van der Waals surface area contributed by atoms with Gasteiger partial charge < -0.3 is 0 Å². The van der Waals surface area contributed by atoms with Crippen molar-refractivity contribution in [3.8, 4) is 5.82 Å². The van der Waals surface area contributed by atoms with E-state index in [0.717, 1.165) is 22.8 Å². The first-order valence-electron chi connectivity index (χ1n) is 6.60. The van der Waals surface area contributed by atoms with Crippen molar-refractivity contribution in [2.75, 3.05) is 0 Å². The highest BCUT2D eigenvalue weighted by molar-refractivity contribution is 9.09. The molecule has 5 heteroatoms. The Morgan fingerprint density at radius 3 is 2.80 bits per heavy atom. The number of hydrogen-bond donors (Lipinski definition) is 0. The van der Waals surface area contributed by atoms with Crippen molar-refractivity contribution < 1.29 is 4.79 Å². The number of fused-ring (bicyclic) bond motifs is 1. The van der Waals surface area contributed by atoms with Crippen LogP contribution >= 0.6 is 15.9 Å². The third kappa shape index (κ3) is 1.92. The zero-order valence-electron chi connectivity index (χ0n) is 11.7. The van der Waals surface area contributed by atoms with Gasteiger partial charge in [-0.25, -0.2) is 9.67 Å². The van der Waals surface area contributed by atoms with Crippen LogP contribution in [0.2, 0.25) is 0 Å². The Balaban J connectivity index is 2.26. The van der Waals surface area contributed by atoms with Crippen molar-refractivity contribution in [2.24, 2.45) is 5.41 Å². The SMILES string of the molecule is Cc1nn(-c2ccccn2)c2c1C(=O)CC(C)(C)[C@H]2Br. The van der Waals surface area contributed by atoms with Gasteiger partial charge in [-0.05, 0) is 24.5 Å². The number of Topliss-reactive ketones (excluding diaryl/α,β-unsaturated/α-hetero) is 1. The molecule has 0 radical (unpaired) electrons. The number of aryl methyl sites for hydroxylation is 1. The van der Waals surface area contributed by atoms with Crippen molar-refractivity contribution >= 4 is 21.7 Å². The second-order valence-corrected chi connectivity index (χ2v) is 6.81. The van der Waals surface area contributed by atoms with E-state index in [2.05, 4.69) is 39.9 Å². The molecule has 0 unspecified atom stereocenters. The van der Waals surface area contributed by atoms with Crippen LogP contribution in [0.3, 0.4) is 0 Å². The Labute approximate surface area is 126 Å². The van der Waals surface area contributed by atoms with Crippen LogP contribution in [0, 0.1) is 12.3 Å². The van der Waals surface area contributed by atoms with Gasteiger partial charge in [0.15, 0.2) is 11.6 Å². The first-order chi connectivity index (χ1) is 9.42. The van der Waals surface area contributed by atoms with E-state index in [4.69, 9.17) is 0 Å². The monoisotopic (exact) mass is 333 g/mol. The van der Waals surface area contributed by atoms with Crippen molar-refractivity contribution in [2.45, 2.75) is 32.0 Å². The number of rotatable bonds is 1. The highest BCUT2D eigenvalue weighted by atomic mass is 79.9. The maximum Gasteiger partial charge on any atom is 0.167 e. The topological polar surface area (TPSA) is 47.8 Å². The molecule has 0 saturated carbocycles. The van der Waals surface area contributed by atoms with Crippen LogP contribution < -0.4 is 0 Å². The Bertz CT molecular complexity index is 676. The van der Waals surface area contributed by atoms with E-state index in [1.54, 1.807) is 10.9 Å². The van der Waals surface area contributed by atoms with Gasteiger partial charge >= 0.3 is 0 Å². The normalized spacial score (nSPS) is 20.8. The summed E-state index contributed by atoms with van der Waals surface area (Å²) in [6, 6.07) is 5.69. The Morgan fingerprint density at radius 1 is 1.40 bits per heavy atom. The van der Waals surface area contributed by atoms with Gasteiger partial charge in [-0.2, -0.15) is 5.10 Å². The second kappa shape index (κ2) is 4.52. The van der Waals surface area contributed by atoms with E-state index in [9.17, 15) is 4.79 Å². The largest absolute Gasteiger partial charge is 0.294 e. The molecule has 20 heavy (non-hydrogen) atoms. The van der Waals surface area contributed by atoms with E-state index in [1.165, 1.54) is 0 Å². The number of alkyl halides is 1. The summed E-state index contributed by atoms with van der Waals surface area (Å²) in [4.78, 5) is 16.8. The fraction of sp³-hybridized carbons (Fsp3) is 0.400. The van der Waals surface area contributed by atoms with Gasteiger partial charge in [0, 0.05) is 12.6 Å². The minimum absolute atomic E-state index is 0.0749. The lowest BCUT2D eigenvalue weighted by molar-refractivity contribution is 0.0909. The zero-order valence-corrected chi connectivity index (χ0v) is 13.3. The van der Waals surface area contributed by atoms with Crippen LogP contribution in [0.15, 0.2) is 24.4 Å². The Hall–Kier alpha value is -1.49.